The van der Waals surface area contributed by atoms with Gasteiger partial charge in [-0.15, -0.1) is 0 Å². The van der Waals surface area contributed by atoms with E-state index in [1.807, 2.05) is 0 Å². The predicted molar refractivity (Wildman–Crippen MR) is 51.1 cm³/mol. The Bertz CT molecular complexity index is 337. The molecule has 1 aromatic carbocycles. The van der Waals surface area contributed by atoms with Crippen LogP contribution >= 0.6 is 0 Å². The van der Waals surface area contributed by atoms with E-state index in [1.54, 1.807) is 0 Å². The molecule has 0 radical (unpaired) electrons. The van der Waals surface area contributed by atoms with Crippen molar-refractivity contribution in [3.05, 3.63) is 39.9 Å². The van der Waals surface area contributed by atoms with Crippen LogP contribution in [-0.4, -0.2) is 33.0 Å². The average Bonchev–Trinajstić information content (AvgIpc) is 2.27. The number of aliphatic hydroxyl groups is 3. The van der Waals surface area contributed by atoms with E-state index in [-0.39, 0.29) is 5.69 Å². The Labute approximate surface area is 85.6 Å². The molecule has 1 aromatic rings. The summed E-state index contributed by atoms with van der Waals surface area (Å²) >= 11 is 0. The smallest absolute Gasteiger partial charge is 0.269 e. The maximum Gasteiger partial charge on any atom is 0.269 e. The second kappa shape index (κ2) is 4.83. The van der Waals surface area contributed by atoms with Gasteiger partial charge < -0.3 is 15.3 Å². The van der Waals surface area contributed by atoms with Crippen molar-refractivity contribution in [2.75, 3.05) is 6.61 Å². The largest absolute Gasteiger partial charge is 0.394 e. The molecular weight excluding hydrogens is 202 g/mol. The van der Waals surface area contributed by atoms with Crippen LogP contribution in [-0.2, 0) is 0 Å². The lowest BCUT2D eigenvalue weighted by Crippen LogP contribution is -2.21. The van der Waals surface area contributed by atoms with Gasteiger partial charge in [0, 0.05) is 12.1 Å². The van der Waals surface area contributed by atoms with Crippen molar-refractivity contribution >= 4 is 5.69 Å². The van der Waals surface area contributed by atoms with Gasteiger partial charge in [0.25, 0.3) is 5.69 Å². The van der Waals surface area contributed by atoms with E-state index in [0.717, 1.165) is 0 Å². The van der Waals surface area contributed by atoms with Crippen LogP contribution in [0, 0.1) is 10.1 Å². The number of nitrogens with zero attached hydrogens (tertiary/aromatic N) is 1. The number of nitro benzene ring substituents is 1. The number of nitro groups is 1. The molecule has 2 atom stereocenters. The third-order valence-electron chi connectivity index (χ3n) is 2.00. The highest BCUT2D eigenvalue weighted by Crippen LogP contribution is 2.19. The lowest BCUT2D eigenvalue weighted by atomic mass is 10.0. The highest BCUT2D eigenvalue weighted by atomic mass is 16.6. The van der Waals surface area contributed by atoms with E-state index < -0.39 is 23.7 Å². The van der Waals surface area contributed by atoms with Crippen molar-refractivity contribution in [3.63, 3.8) is 0 Å². The van der Waals surface area contributed by atoms with Gasteiger partial charge in [-0.05, 0) is 17.7 Å². The van der Waals surface area contributed by atoms with Crippen LogP contribution in [0.2, 0.25) is 0 Å². The number of aliphatic hydroxyl groups excluding tert-OH is 3. The minimum Gasteiger partial charge on any atom is -0.394 e. The summed E-state index contributed by atoms with van der Waals surface area (Å²) in [6, 6.07) is 5.12. The fourth-order valence-electron chi connectivity index (χ4n) is 1.12. The van der Waals surface area contributed by atoms with E-state index in [0.29, 0.717) is 5.56 Å². The predicted octanol–water partition coefficient (Wildman–Crippen LogP) is -0.0186. The normalized spacial score (nSPS) is 14.6. The van der Waals surface area contributed by atoms with Crippen LogP contribution in [0.5, 0.6) is 0 Å². The molecule has 0 bridgehead atoms. The molecule has 1 rings (SSSR count). The SMILES string of the molecule is O=[N+]([O-])c1ccc([C@@H](O)[C@@H](O)CO)cc1. The van der Waals surface area contributed by atoms with Gasteiger partial charge in [0.2, 0.25) is 0 Å². The van der Waals surface area contributed by atoms with Crippen LogP contribution in [0.15, 0.2) is 24.3 Å². The zero-order valence-electron chi connectivity index (χ0n) is 7.78. The summed E-state index contributed by atoms with van der Waals surface area (Å²) in [5, 5.41) is 37.5. The summed E-state index contributed by atoms with van der Waals surface area (Å²) in [6.07, 6.45) is -2.53. The van der Waals surface area contributed by atoms with E-state index in [1.165, 1.54) is 24.3 Å². The molecule has 6 heteroatoms. The lowest BCUT2D eigenvalue weighted by Gasteiger charge is -2.15. The highest BCUT2D eigenvalue weighted by molar-refractivity contribution is 5.34. The molecule has 0 amide bonds. The summed E-state index contributed by atoms with van der Waals surface area (Å²) in [6.45, 7) is -0.571. The average molecular weight is 213 g/mol. The van der Waals surface area contributed by atoms with E-state index in [4.69, 9.17) is 10.2 Å². The van der Waals surface area contributed by atoms with Crippen molar-refractivity contribution < 1.29 is 20.2 Å². The minimum absolute atomic E-state index is 0.0931. The van der Waals surface area contributed by atoms with Crippen LogP contribution < -0.4 is 0 Å². The van der Waals surface area contributed by atoms with Gasteiger partial charge in [-0.25, -0.2) is 0 Å². The van der Waals surface area contributed by atoms with Crippen molar-refractivity contribution in [1.82, 2.24) is 0 Å². The zero-order chi connectivity index (χ0) is 11.4. The van der Waals surface area contributed by atoms with Gasteiger partial charge >= 0.3 is 0 Å². The summed E-state index contributed by atoms with van der Waals surface area (Å²) in [4.78, 5) is 9.77. The zero-order valence-corrected chi connectivity index (χ0v) is 7.78. The number of hydrogen-bond donors (Lipinski definition) is 3. The van der Waals surface area contributed by atoms with Crippen molar-refractivity contribution in [1.29, 1.82) is 0 Å². The van der Waals surface area contributed by atoms with E-state index in [2.05, 4.69) is 0 Å². The van der Waals surface area contributed by atoms with Crippen LogP contribution in [0.3, 0.4) is 0 Å². The molecular formula is C9H11NO5. The Morgan fingerprint density at radius 3 is 2.20 bits per heavy atom. The van der Waals surface area contributed by atoms with E-state index in [9.17, 15) is 15.2 Å². The molecule has 0 unspecified atom stereocenters. The standard InChI is InChI=1S/C9H11NO5/c11-5-8(12)9(13)6-1-3-7(4-2-6)10(14)15/h1-4,8-9,11-13H,5H2/t8-,9+/m0/s1. The molecule has 0 saturated heterocycles. The lowest BCUT2D eigenvalue weighted by molar-refractivity contribution is -0.384. The van der Waals surface area contributed by atoms with Gasteiger partial charge in [0.15, 0.2) is 0 Å². The Balaban J connectivity index is 2.84. The summed E-state index contributed by atoms with van der Waals surface area (Å²) in [5.41, 5.74) is 0.228. The van der Waals surface area contributed by atoms with Crippen molar-refractivity contribution in [2.45, 2.75) is 12.2 Å². The Morgan fingerprint density at radius 2 is 1.80 bits per heavy atom. The maximum atomic E-state index is 10.3. The maximum absolute atomic E-state index is 10.3. The Hall–Kier alpha value is -1.50. The molecule has 3 N–H and O–H groups in total. The molecule has 0 aliphatic heterocycles. The molecule has 0 saturated carbocycles. The topological polar surface area (TPSA) is 104 Å². The molecule has 15 heavy (non-hydrogen) atoms. The summed E-state index contributed by atoms with van der Waals surface area (Å²) in [5.74, 6) is 0. The molecule has 0 aliphatic carbocycles. The minimum atomic E-state index is -1.29. The van der Waals surface area contributed by atoms with Gasteiger partial charge in [0.05, 0.1) is 11.5 Å². The fraction of sp³-hybridized carbons (Fsp3) is 0.333. The fourth-order valence-corrected chi connectivity index (χ4v) is 1.12. The Morgan fingerprint density at radius 1 is 1.27 bits per heavy atom. The first-order chi connectivity index (χ1) is 7.06. The Kier molecular flexibility index (Phi) is 3.73. The van der Waals surface area contributed by atoms with Gasteiger partial charge in [-0.3, -0.25) is 10.1 Å². The van der Waals surface area contributed by atoms with Crippen molar-refractivity contribution in [2.24, 2.45) is 0 Å². The first kappa shape index (κ1) is 11.6. The first-order valence-electron chi connectivity index (χ1n) is 4.27. The molecule has 0 aromatic heterocycles. The molecule has 0 fully saturated rings. The monoisotopic (exact) mass is 213 g/mol. The number of hydrogen-bond acceptors (Lipinski definition) is 5. The summed E-state index contributed by atoms with van der Waals surface area (Å²) in [7, 11) is 0. The van der Waals surface area contributed by atoms with E-state index >= 15 is 0 Å². The number of benzene rings is 1. The third kappa shape index (κ3) is 2.72. The number of rotatable bonds is 4. The van der Waals surface area contributed by atoms with Crippen LogP contribution in [0.4, 0.5) is 5.69 Å². The molecule has 0 aliphatic rings. The quantitative estimate of drug-likeness (QED) is 0.481. The van der Waals surface area contributed by atoms with Crippen LogP contribution in [0.25, 0.3) is 0 Å². The van der Waals surface area contributed by atoms with Crippen molar-refractivity contribution in [3.8, 4) is 0 Å². The van der Waals surface area contributed by atoms with Crippen LogP contribution in [0.1, 0.15) is 11.7 Å². The van der Waals surface area contributed by atoms with Gasteiger partial charge in [0.1, 0.15) is 12.2 Å². The molecule has 6 nitrogen and oxygen atoms in total. The number of non-ortho nitro benzene ring substituents is 1. The first-order valence-corrected chi connectivity index (χ1v) is 4.27. The molecule has 0 heterocycles. The molecule has 0 spiro atoms. The van der Waals surface area contributed by atoms with Gasteiger partial charge in [-0.1, -0.05) is 0 Å². The van der Waals surface area contributed by atoms with Gasteiger partial charge in [-0.2, -0.15) is 0 Å². The second-order valence-electron chi connectivity index (χ2n) is 3.04. The second-order valence-corrected chi connectivity index (χ2v) is 3.04. The molecule has 82 valence electrons. The highest BCUT2D eigenvalue weighted by Gasteiger charge is 2.17. The summed E-state index contributed by atoms with van der Waals surface area (Å²) < 4.78 is 0. The third-order valence-corrected chi connectivity index (χ3v) is 2.00.